The highest BCUT2D eigenvalue weighted by molar-refractivity contribution is 5.83. The molecule has 0 aliphatic carbocycles. The van der Waals surface area contributed by atoms with E-state index in [1.165, 1.54) is 0 Å². The quantitative estimate of drug-likeness (QED) is 0.833. The van der Waals surface area contributed by atoms with Crippen LogP contribution in [0.15, 0.2) is 30.3 Å². The average molecular weight is 278 g/mol. The maximum absolute atomic E-state index is 12.7. The predicted octanol–water partition coefficient (Wildman–Crippen LogP) is 1.77. The highest BCUT2D eigenvalue weighted by Crippen LogP contribution is 2.31. The van der Waals surface area contributed by atoms with E-state index in [0.29, 0.717) is 13.1 Å². The Kier molecular flexibility index (Phi) is 5.31. The molecule has 0 unspecified atom stereocenters. The summed E-state index contributed by atoms with van der Waals surface area (Å²) in [7, 11) is 0. The molecule has 3 N–H and O–H groups in total. The number of carbonyl (C=O) groups is 1. The van der Waals surface area contributed by atoms with Crippen LogP contribution >= 0.6 is 0 Å². The molecular formula is C16H26N2O2. The smallest absolute Gasteiger partial charge is 0.230 e. The van der Waals surface area contributed by atoms with Gasteiger partial charge in [0.2, 0.25) is 5.91 Å². The fraction of sp³-hybridized carbons (Fsp3) is 0.562. The summed E-state index contributed by atoms with van der Waals surface area (Å²) in [6, 6.07) is 9.76. The first kappa shape index (κ1) is 16.7. The number of aliphatic hydroxyl groups is 1. The summed E-state index contributed by atoms with van der Waals surface area (Å²) in [5, 5.41) is 9.21. The number of nitrogens with zero attached hydrogens (tertiary/aromatic N) is 1. The molecule has 0 bridgehead atoms. The number of hydrogen-bond donors (Lipinski definition) is 2. The lowest BCUT2D eigenvalue weighted by Crippen LogP contribution is -2.56. The van der Waals surface area contributed by atoms with E-state index in [0.717, 1.165) is 5.56 Å². The van der Waals surface area contributed by atoms with Crippen molar-refractivity contribution in [2.75, 3.05) is 13.2 Å². The second-order valence-corrected chi connectivity index (χ2v) is 6.28. The Morgan fingerprint density at radius 1 is 1.20 bits per heavy atom. The van der Waals surface area contributed by atoms with Crippen molar-refractivity contribution < 1.29 is 9.90 Å². The Bertz CT molecular complexity index is 436. The summed E-state index contributed by atoms with van der Waals surface area (Å²) in [6.45, 7) is 8.15. The van der Waals surface area contributed by atoms with Crippen molar-refractivity contribution in [1.29, 1.82) is 0 Å². The van der Waals surface area contributed by atoms with Gasteiger partial charge in [-0.05, 0) is 33.3 Å². The van der Waals surface area contributed by atoms with Gasteiger partial charge in [0.1, 0.15) is 0 Å². The topological polar surface area (TPSA) is 66.6 Å². The van der Waals surface area contributed by atoms with Crippen molar-refractivity contribution in [3.63, 3.8) is 0 Å². The molecule has 0 saturated carbocycles. The van der Waals surface area contributed by atoms with Gasteiger partial charge in [-0.3, -0.25) is 4.79 Å². The average Bonchev–Trinajstić information content (AvgIpc) is 2.37. The number of hydrogen-bond acceptors (Lipinski definition) is 3. The van der Waals surface area contributed by atoms with Gasteiger partial charge in [0, 0.05) is 18.6 Å². The Balaban J connectivity index is 2.94. The molecule has 1 aromatic carbocycles. The second-order valence-electron chi connectivity index (χ2n) is 6.28. The molecule has 1 rings (SSSR count). The van der Waals surface area contributed by atoms with E-state index in [1.54, 1.807) is 4.90 Å². The van der Waals surface area contributed by atoms with Crippen molar-refractivity contribution in [1.82, 2.24) is 4.90 Å². The summed E-state index contributed by atoms with van der Waals surface area (Å²) in [4.78, 5) is 14.4. The minimum Gasteiger partial charge on any atom is -0.395 e. The third-order valence-corrected chi connectivity index (χ3v) is 4.02. The van der Waals surface area contributed by atoms with Crippen LogP contribution in [0.25, 0.3) is 0 Å². The van der Waals surface area contributed by atoms with E-state index in [4.69, 9.17) is 5.73 Å². The first-order valence-electron chi connectivity index (χ1n) is 6.93. The van der Waals surface area contributed by atoms with Gasteiger partial charge in [-0.1, -0.05) is 30.3 Å². The maximum atomic E-state index is 12.7. The van der Waals surface area contributed by atoms with E-state index in [2.05, 4.69) is 0 Å². The van der Waals surface area contributed by atoms with Gasteiger partial charge in [-0.15, -0.1) is 0 Å². The van der Waals surface area contributed by atoms with E-state index in [-0.39, 0.29) is 12.5 Å². The second kappa shape index (κ2) is 6.37. The van der Waals surface area contributed by atoms with E-state index in [9.17, 15) is 9.90 Å². The van der Waals surface area contributed by atoms with Crippen LogP contribution in [0.5, 0.6) is 0 Å². The first-order valence-corrected chi connectivity index (χ1v) is 6.93. The number of aliphatic hydroxyl groups excluding tert-OH is 1. The van der Waals surface area contributed by atoms with Crippen molar-refractivity contribution in [2.24, 2.45) is 11.1 Å². The molecule has 4 nitrogen and oxygen atoms in total. The van der Waals surface area contributed by atoms with Crippen LogP contribution in [0.2, 0.25) is 0 Å². The minimum absolute atomic E-state index is 0.0390. The summed E-state index contributed by atoms with van der Waals surface area (Å²) in [5.41, 5.74) is 5.85. The largest absolute Gasteiger partial charge is 0.395 e. The minimum atomic E-state index is -0.697. The molecule has 112 valence electrons. The number of nitrogens with two attached hydrogens (primary N) is 1. The van der Waals surface area contributed by atoms with Crippen LogP contribution in [0.4, 0.5) is 0 Å². The molecule has 0 spiro atoms. The van der Waals surface area contributed by atoms with E-state index >= 15 is 0 Å². The van der Waals surface area contributed by atoms with Gasteiger partial charge in [0.25, 0.3) is 0 Å². The molecule has 1 aromatic rings. The number of amides is 1. The van der Waals surface area contributed by atoms with Crippen LogP contribution in [0.3, 0.4) is 0 Å². The third-order valence-electron chi connectivity index (χ3n) is 4.02. The zero-order valence-corrected chi connectivity index (χ0v) is 12.9. The molecule has 1 amide bonds. The summed E-state index contributed by atoms with van der Waals surface area (Å²) < 4.78 is 0. The SMILES string of the molecule is CC(C)(N)C(C)(C)C(=O)N(CCO)Cc1ccccc1. The third kappa shape index (κ3) is 3.81. The fourth-order valence-corrected chi connectivity index (χ4v) is 1.85. The molecular weight excluding hydrogens is 252 g/mol. The zero-order valence-electron chi connectivity index (χ0n) is 12.9. The lowest BCUT2D eigenvalue weighted by molar-refractivity contribution is -0.144. The van der Waals surface area contributed by atoms with Gasteiger partial charge >= 0.3 is 0 Å². The van der Waals surface area contributed by atoms with Crippen molar-refractivity contribution >= 4 is 5.91 Å². The maximum Gasteiger partial charge on any atom is 0.230 e. The number of rotatable bonds is 6. The summed E-state index contributed by atoms with van der Waals surface area (Å²) in [6.07, 6.45) is 0. The molecule has 0 aliphatic heterocycles. The zero-order chi connectivity index (χ0) is 15.4. The molecule has 0 saturated heterocycles. The number of benzene rings is 1. The van der Waals surface area contributed by atoms with Crippen LogP contribution in [0.1, 0.15) is 33.3 Å². The molecule has 0 atom stereocenters. The lowest BCUT2D eigenvalue weighted by Gasteiger charge is -2.40. The molecule has 20 heavy (non-hydrogen) atoms. The Labute approximate surface area is 121 Å². The van der Waals surface area contributed by atoms with Crippen molar-refractivity contribution in [3.05, 3.63) is 35.9 Å². The summed E-state index contributed by atoms with van der Waals surface area (Å²) in [5.74, 6) is -0.0390. The fourth-order valence-electron chi connectivity index (χ4n) is 1.85. The first-order chi connectivity index (χ1) is 9.20. The predicted molar refractivity (Wildman–Crippen MR) is 81.0 cm³/mol. The normalized spacial score (nSPS) is 12.3. The number of carbonyl (C=O) groups excluding carboxylic acids is 1. The molecule has 0 fully saturated rings. The van der Waals surface area contributed by atoms with E-state index < -0.39 is 11.0 Å². The monoisotopic (exact) mass is 278 g/mol. The van der Waals surface area contributed by atoms with Gasteiger partial charge in [0.05, 0.1) is 12.0 Å². The Morgan fingerprint density at radius 2 is 1.75 bits per heavy atom. The van der Waals surface area contributed by atoms with Gasteiger partial charge in [-0.2, -0.15) is 0 Å². The Hall–Kier alpha value is -1.39. The van der Waals surface area contributed by atoms with Crippen LogP contribution < -0.4 is 5.73 Å². The van der Waals surface area contributed by atoms with Gasteiger partial charge < -0.3 is 15.7 Å². The molecule has 0 heterocycles. The molecule has 0 aliphatic rings. The Morgan fingerprint density at radius 3 is 2.20 bits per heavy atom. The van der Waals surface area contributed by atoms with Crippen molar-refractivity contribution in [2.45, 2.75) is 39.8 Å². The molecule has 0 radical (unpaired) electrons. The highest BCUT2D eigenvalue weighted by Gasteiger charge is 2.42. The standard InChI is InChI=1S/C16H26N2O2/c1-15(2,16(3,4)17)14(20)18(10-11-19)12-13-8-6-5-7-9-13/h5-9,19H,10-12,17H2,1-4H3. The van der Waals surface area contributed by atoms with Gasteiger partial charge in [-0.25, -0.2) is 0 Å². The van der Waals surface area contributed by atoms with E-state index in [1.807, 2.05) is 58.0 Å². The summed E-state index contributed by atoms with van der Waals surface area (Å²) >= 11 is 0. The van der Waals surface area contributed by atoms with Crippen LogP contribution in [0, 0.1) is 5.41 Å². The molecule has 0 aromatic heterocycles. The van der Waals surface area contributed by atoms with Crippen LogP contribution in [-0.2, 0) is 11.3 Å². The lowest BCUT2D eigenvalue weighted by atomic mass is 9.74. The van der Waals surface area contributed by atoms with Gasteiger partial charge in [0.15, 0.2) is 0 Å². The molecule has 4 heteroatoms. The highest BCUT2D eigenvalue weighted by atomic mass is 16.3. The van der Waals surface area contributed by atoms with Crippen LogP contribution in [-0.4, -0.2) is 34.6 Å². The van der Waals surface area contributed by atoms with Crippen molar-refractivity contribution in [3.8, 4) is 0 Å².